The number of carbonyl (C=O) groups is 1. The van der Waals surface area contributed by atoms with Gasteiger partial charge >= 0.3 is 5.97 Å². The Balaban J connectivity index is 2.05. The van der Waals surface area contributed by atoms with Crippen molar-refractivity contribution < 1.29 is 9.90 Å². The van der Waals surface area contributed by atoms with Crippen LogP contribution in [0.3, 0.4) is 0 Å². The molecule has 1 aliphatic rings. The average Bonchev–Trinajstić information content (AvgIpc) is 2.40. The van der Waals surface area contributed by atoms with Crippen LogP contribution in [-0.4, -0.2) is 21.3 Å². The Morgan fingerprint density at radius 1 is 1.47 bits per heavy atom. The van der Waals surface area contributed by atoms with Crippen LogP contribution in [0.2, 0.25) is 0 Å². The van der Waals surface area contributed by atoms with E-state index in [-0.39, 0.29) is 11.2 Å². The molecule has 3 unspecified atom stereocenters. The summed E-state index contributed by atoms with van der Waals surface area (Å²) in [4.78, 5) is 15.7. The minimum absolute atomic E-state index is 0.165. The van der Waals surface area contributed by atoms with E-state index in [0.717, 1.165) is 24.3 Å². The third-order valence-corrected chi connectivity index (χ3v) is 5.13. The predicted octanol–water partition coefficient (Wildman–Crippen LogP) is 3.84. The molecule has 0 amide bonds. The Kier molecular flexibility index (Phi) is 5.25. The molecule has 0 bridgehead atoms. The van der Waals surface area contributed by atoms with Crippen molar-refractivity contribution >= 4 is 17.7 Å². The van der Waals surface area contributed by atoms with E-state index in [4.69, 9.17) is 0 Å². The second kappa shape index (κ2) is 6.94. The monoisotopic (exact) mass is 279 g/mol. The van der Waals surface area contributed by atoms with Gasteiger partial charge in [0.15, 0.2) is 0 Å². The molecule has 0 radical (unpaired) electrons. The highest BCUT2D eigenvalue weighted by molar-refractivity contribution is 7.99. The molecule has 1 saturated carbocycles. The van der Waals surface area contributed by atoms with Gasteiger partial charge in [-0.25, -0.2) is 4.98 Å². The molecule has 1 aromatic rings. The zero-order valence-electron chi connectivity index (χ0n) is 11.3. The van der Waals surface area contributed by atoms with Gasteiger partial charge in [0.2, 0.25) is 0 Å². The van der Waals surface area contributed by atoms with Gasteiger partial charge in [-0.2, -0.15) is 0 Å². The van der Waals surface area contributed by atoms with Gasteiger partial charge < -0.3 is 5.11 Å². The summed E-state index contributed by atoms with van der Waals surface area (Å²) in [6, 6.07) is 5.81. The van der Waals surface area contributed by atoms with Gasteiger partial charge in [0, 0.05) is 11.4 Å². The first kappa shape index (κ1) is 14.4. The van der Waals surface area contributed by atoms with Crippen LogP contribution in [0.25, 0.3) is 0 Å². The maximum atomic E-state index is 11.4. The van der Waals surface area contributed by atoms with Gasteiger partial charge in [-0.05, 0) is 37.3 Å². The summed E-state index contributed by atoms with van der Waals surface area (Å²) in [6.07, 6.45) is 7.04. The van der Waals surface area contributed by atoms with Gasteiger partial charge in [-0.3, -0.25) is 4.79 Å². The van der Waals surface area contributed by atoms with E-state index in [1.54, 1.807) is 18.0 Å². The fourth-order valence-electron chi connectivity index (χ4n) is 2.87. The third-order valence-electron chi connectivity index (χ3n) is 3.82. The third kappa shape index (κ3) is 3.96. The predicted molar refractivity (Wildman–Crippen MR) is 77.3 cm³/mol. The van der Waals surface area contributed by atoms with Crippen molar-refractivity contribution in [3.63, 3.8) is 0 Å². The standard InChI is InChI=1S/C15H21NO2S/c1-2-5-11-7-8-12(15(17)18)13(10-11)19-14-6-3-4-9-16-14/h3-4,6,9,11-13H,2,5,7-8,10H2,1H3,(H,17,18). The Morgan fingerprint density at radius 3 is 2.95 bits per heavy atom. The minimum atomic E-state index is -0.650. The maximum absolute atomic E-state index is 11.4. The summed E-state index contributed by atoms with van der Waals surface area (Å²) in [5.74, 6) is -0.190. The topological polar surface area (TPSA) is 50.2 Å². The number of carboxylic acid groups (broad SMARTS) is 1. The zero-order valence-corrected chi connectivity index (χ0v) is 12.1. The van der Waals surface area contributed by atoms with E-state index < -0.39 is 5.97 Å². The summed E-state index contributed by atoms with van der Waals surface area (Å²) >= 11 is 1.64. The fourth-order valence-corrected chi connectivity index (χ4v) is 4.24. The molecule has 4 heteroatoms. The molecule has 104 valence electrons. The highest BCUT2D eigenvalue weighted by Crippen LogP contribution is 2.40. The van der Waals surface area contributed by atoms with Crippen LogP contribution in [0.15, 0.2) is 29.4 Å². The van der Waals surface area contributed by atoms with Crippen LogP contribution in [0.5, 0.6) is 0 Å². The van der Waals surface area contributed by atoms with E-state index in [1.807, 2.05) is 18.2 Å². The molecular weight excluding hydrogens is 258 g/mol. The molecule has 2 rings (SSSR count). The number of hydrogen-bond acceptors (Lipinski definition) is 3. The van der Waals surface area contributed by atoms with Crippen molar-refractivity contribution in [1.29, 1.82) is 0 Å². The molecule has 1 N–H and O–H groups in total. The number of carboxylic acids is 1. The number of aromatic nitrogens is 1. The van der Waals surface area contributed by atoms with Gasteiger partial charge in [0.25, 0.3) is 0 Å². The molecule has 0 aromatic carbocycles. The summed E-state index contributed by atoms with van der Waals surface area (Å²) in [5, 5.41) is 10.5. The summed E-state index contributed by atoms with van der Waals surface area (Å²) in [6.45, 7) is 2.20. The molecular formula is C15H21NO2S. The Bertz CT molecular complexity index is 410. The Morgan fingerprint density at radius 2 is 2.32 bits per heavy atom. The number of pyridine rings is 1. The molecule has 0 spiro atoms. The van der Waals surface area contributed by atoms with Crippen molar-refractivity contribution in [2.24, 2.45) is 11.8 Å². The molecule has 1 aromatic heterocycles. The molecule has 3 nitrogen and oxygen atoms in total. The Hall–Kier alpha value is -1.03. The van der Waals surface area contributed by atoms with E-state index in [0.29, 0.717) is 5.92 Å². The van der Waals surface area contributed by atoms with Crippen molar-refractivity contribution in [3.8, 4) is 0 Å². The van der Waals surface area contributed by atoms with Gasteiger partial charge in [-0.15, -0.1) is 11.8 Å². The van der Waals surface area contributed by atoms with E-state index in [9.17, 15) is 9.90 Å². The quantitative estimate of drug-likeness (QED) is 0.889. The highest BCUT2D eigenvalue weighted by Gasteiger charge is 2.35. The van der Waals surface area contributed by atoms with Crippen molar-refractivity contribution in [3.05, 3.63) is 24.4 Å². The molecule has 3 atom stereocenters. The van der Waals surface area contributed by atoms with Crippen LogP contribution < -0.4 is 0 Å². The van der Waals surface area contributed by atoms with Crippen LogP contribution in [0, 0.1) is 11.8 Å². The molecule has 1 fully saturated rings. The van der Waals surface area contributed by atoms with Crippen LogP contribution in [0.1, 0.15) is 39.0 Å². The molecule has 0 saturated heterocycles. The van der Waals surface area contributed by atoms with Crippen LogP contribution in [-0.2, 0) is 4.79 Å². The molecule has 1 aliphatic carbocycles. The first-order valence-electron chi connectivity index (χ1n) is 7.01. The lowest BCUT2D eigenvalue weighted by atomic mass is 9.80. The summed E-state index contributed by atoms with van der Waals surface area (Å²) in [7, 11) is 0. The summed E-state index contributed by atoms with van der Waals surface area (Å²) < 4.78 is 0. The summed E-state index contributed by atoms with van der Waals surface area (Å²) in [5.41, 5.74) is 0. The number of aliphatic carboxylic acids is 1. The molecule has 19 heavy (non-hydrogen) atoms. The van der Waals surface area contributed by atoms with E-state index in [1.165, 1.54) is 12.8 Å². The maximum Gasteiger partial charge on any atom is 0.307 e. The lowest BCUT2D eigenvalue weighted by Crippen LogP contribution is -2.32. The van der Waals surface area contributed by atoms with Crippen molar-refractivity contribution in [1.82, 2.24) is 4.98 Å². The minimum Gasteiger partial charge on any atom is -0.481 e. The fraction of sp³-hybridized carbons (Fsp3) is 0.600. The van der Waals surface area contributed by atoms with Gasteiger partial charge in [0.05, 0.1) is 10.9 Å². The number of rotatable bonds is 5. The average molecular weight is 279 g/mol. The number of hydrogen-bond donors (Lipinski definition) is 1. The van der Waals surface area contributed by atoms with Gasteiger partial charge in [0.1, 0.15) is 0 Å². The number of thioether (sulfide) groups is 1. The zero-order chi connectivity index (χ0) is 13.7. The second-order valence-electron chi connectivity index (χ2n) is 5.24. The second-order valence-corrected chi connectivity index (χ2v) is 6.50. The largest absolute Gasteiger partial charge is 0.481 e. The SMILES string of the molecule is CCCC1CCC(C(=O)O)C(Sc2ccccn2)C1. The van der Waals surface area contributed by atoms with E-state index in [2.05, 4.69) is 11.9 Å². The smallest absolute Gasteiger partial charge is 0.307 e. The normalized spacial score (nSPS) is 27.1. The van der Waals surface area contributed by atoms with E-state index >= 15 is 0 Å². The molecule has 0 aliphatic heterocycles. The molecule has 1 heterocycles. The van der Waals surface area contributed by atoms with Crippen molar-refractivity contribution in [2.75, 3.05) is 0 Å². The number of nitrogens with zero attached hydrogens (tertiary/aromatic N) is 1. The Labute approximate surface area is 118 Å². The first-order valence-corrected chi connectivity index (χ1v) is 7.89. The van der Waals surface area contributed by atoms with Crippen LogP contribution >= 0.6 is 11.8 Å². The van der Waals surface area contributed by atoms with Crippen molar-refractivity contribution in [2.45, 2.75) is 49.3 Å². The first-order chi connectivity index (χ1) is 9.20. The highest BCUT2D eigenvalue weighted by atomic mass is 32.2. The lowest BCUT2D eigenvalue weighted by molar-refractivity contribution is -0.142. The van der Waals surface area contributed by atoms with Gasteiger partial charge in [-0.1, -0.05) is 25.8 Å². The van der Waals surface area contributed by atoms with Crippen LogP contribution in [0.4, 0.5) is 0 Å². The lowest BCUT2D eigenvalue weighted by Gasteiger charge is -2.33.